The van der Waals surface area contributed by atoms with Crippen molar-refractivity contribution in [3.63, 3.8) is 0 Å². The van der Waals surface area contributed by atoms with Gasteiger partial charge in [-0.15, -0.1) is 4.91 Å². The molecule has 2 rings (SSSR count). The monoisotopic (exact) mass is 262 g/mol. The molecule has 0 aliphatic carbocycles. The molecule has 2 aromatic rings. The smallest absolute Gasteiger partial charge is 0.135 e. The highest BCUT2D eigenvalue weighted by Crippen LogP contribution is 2.29. The molecule has 0 aliphatic heterocycles. The van der Waals surface area contributed by atoms with Crippen LogP contribution in [0.3, 0.4) is 0 Å². The molecule has 1 aromatic heterocycles. The van der Waals surface area contributed by atoms with E-state index in [1.54, 1.807) is 12.3 Å². The predicted molar refractivity (Wildman–Crippen MR) is 62.8 cm³/mol. The number of rotatable bonds is 2. The molecule has 74 valence electrons. The molecule has 0 saturated heterocycles. The van der Waals surface area contributed by atoms with Gasteiger partial charge < -0.3 is 0 Å². The lowest BCUT2D eigenvalue weighted by Gasteiger charge is -2.02. The third kappa shape index (κ3) is 2.10. The molecule has 0 saturated carbocycles. The quantitative estimate of drug-likeness (QED) is 0.771. The fraction of sp³-hybridized carbons (Fsp3) is 0. The molecule has 15 heavy (non-hydrogen) atoms. The van der Waals surface area contributed by atoms with Gasteiger partial charge in [0.15, 0.2) is 0 Å². The zero-order chi connectivity index (χ0) is 10.7. The summed E-state index contributed by atoms with van der Waals surface area (Å²) in [6.07, 6.45) is 1.65. The fourth-order valence-electron chi connectivity index (χ4n) is 1.32. The topological polar surface area (TPSA) is 42.3 Å². The molecule has 1 heterocycles. The SMILES string of the molecule is O=Nc1cc(Br)cnc1-c1ccccc1. The highest BCUT2D eigenvalue weighted by atomic mass is 79.9. The van der Waals surface area contributed by atoms with Gasteiger partial charge in [0.2, 0.25) is 0 Å². The first-order valence-corrected chi connectivity index (χ1v) is 5.15. The standard InChI is InChI=1S/C11H7BrN2O/c12-9-6-10(14-15)11(13-7-9)8-4-2-1-3-5-8/h1-7H. The van der Waals surface area contributed by atoms with Crippen LogP contribution in [0.1, 0.15) is 0 Å². The number of nitroso groups, excluding NO2 is 1. The number of pyridine rings is 1. The van der Waals surface area contributed by atoms with E-state index in [1.165, 1.54) is 0 Å². The van der Waals surface area contributed by atoms with Crippen molar-refractivity contribution >= 4 is 21.6 Å². The molecule has 0 spiro atoms. The normalized spacial score (nSPS) is 9.93. The van der Waals surface area contributed by atoms with Crippen molar-refractivity contribution in [1.82, 2.24) is 4.98 Å². The van der Waals surface area contributed by atoms with Gasteiger partial charge in [0.25, 0.3) is 0 Å². The van der Waals surface area contributed by atoms with Crippen LogP contribution in [-0.4, -0.2) is 4.98 Å². The third-order valence-electron chi connectivity index (χ3n) is 1.98. The minimum Gasteiger partial charge on any atom is -0.253 e. The van der Waals surface area contributed by atoms with E-state index in [9.17, 15) is 4.91 Å². The van der Waals surface area contributed by atoms with E-state index < -0.39 is 0 Å². The van der Waals surface area contributed by atoms with Gasteiger partial charge in [0.1, 0.15) is 5.69 Å². The Bertz CT molecular complexity index is 485. The number of aromatic nitrogens is 1. The summed E-state index contributed by atoms with van der Waals surface area (Å²) in [6.45, 7) is 0. The summed E-state index contributed by atoms with van der Waals surface area (Å²) in [4.78, 5) is 14.8. The van der Waals surface area contributed by atoms with Crippen LogP contribution in [-0.2, 0) is 0 Å². The molecule has 0 unspecified atom stereocenters. The molecule has 0 radical (unpaired) electrons. The van der Waals surface area contributed by atoms with Crippen LogP contribution >= 0.6 is 15.9 Å². The van der Waals surface area contributed by atoms with Crippen molar-refractivity contribution in [2.24, 2.45) is 5.18 Å². The molecular weight excluding hydrogens is 256 g/mol. The van der Waals surface area contributed by atoms with E-state index in [0.717, 1.165) is 10.0 Å². The number of halogens is 1. The second-order valence-electron chi connectivity index (χ2n) is 2.98. The highest BCUT2D eigenvalue weighted by Gasteiger charge is 2.07. The Morgan fingerprint density at radius 3 is 2.60 bits per heavy atom. The minimum atomic E-state index is 0.343. The maximum absolute atomic E-state index is 10.6. The number of nitrogens with zero attached hydrogens (tertiary/aromatic N) is 2. The number of hydrogen-bond acceptors (Lipinski definition) is 3. The lowest BCUT2D eigenvalue weighted by molar-refractivity contribution is 1.28. The Balaban J connectivity index is 2.58. The molecule has 0 bridgehead atoms. The maximum atomic E-state index is 10.6. The molecule has 0 N–H and O–H groups in total. The zero-order valence-electron chi connectivity index (χ0n) is 7.72. The highest BCUT2D eigenvalue weighted by molar-refractivity contribution is 9.10. The van der Waals surface area contributed by atoms with Crippen molar-refractivity contribution in [2.75, 3.05) is 0 Å². The van der Waals surface area contributed by atoms with Gasteiger partial charge in [-0.2, -0.15) is 0 Å². The zero-order valence-corrected chi connectivity index (χ0v) is 9.31. The Kier molecular flexibility index (Phi) is 2.87. The molecule has 0 amide bonds. The predicted octanol–water partition coefficient (Wildman–Crippen LogP) is 3.91. The first-order chi connectivity index (χ1) is 7.31. The Morgan fingerprint density at radius 1 is 1.20 bits per heavy atom. The molecule has 0 atom stereocenters. The van der Waals surface area contributed by atoms with Gasteiger partial charge in [-0.3, -0.25) is 4.98 Å². The van der Waals surface area contributed by atoms with E-state index in [-0.39, 0.29) is 0 Å². The first-order valence-electron chi connectivity index (χ1n) is 4.35. The lowest BCUT2D eigenvalue weighted by Crippen LogP contribution is -1.83. The van der Waals surface area contributed by atoms with Crippen LogP contribution < -0.4 is 0 Å². The van der Waals surface area contributed by atoms with Gasteiger partial charge in [-0.25, -0.2) is 0 Å². The van der Waals surface area contributed by atoms with Gasteiger partial charge in [0.05, 0.1) is 5.69 Å². The lowest BCUT2D eigenvalue weighted by atomic mass is 10.1. The van der Waals surface area contributed by atoms with Crippen molar-refractivity contribution in [3.05, 3.63) is 52.0 Å². The average molecular weight is 263 g/mol. The maximum Gasteiger partial charge on any atom is 0.135 e. The van der Waals surface area contributed by atoms with E-state index >= 15 is 0 Å². The Labute approximate surface area is 95.3 Å². The molecule has 4 heteroatoms. The number of benzene rings is 1. The second kappa shape index (κ2) is 4.31. The summed E-state index contributed by atoms with van der Waals surface area (Å²) in [6, 6.07) is 11.1. The van der Waals surface area contributed by atoms with Crippen molar-refractivity contribution in [3.8, 4) is 11.3 Å². The van der Waals surface area contributed by atoms with Gasteiger partial charge >= 0.3 is 0 Å². The van der Waals surface area contributed by atoms with Gasteiger partial charge in [-0.05, 0) is 27.2 Å². The minimum absolute atomic E-state index is 0.343. The van der Waals surface area contributed by atoms with Crippen LogP contribution in [0.2, 0.25) is 0 Å². The van der Waals surface area contributed by atoms with E-state index in [0.29, 0.717) is 11.4 Å². The van der Waals surface area contributed by atoms with Crippen LogP contribution in [0, 0.1) is 4.91 Å². The summed E-state index contributed by atoms with van der Waals surface area (Å²) < 4.78 is 0.747. The molecular formula is C11H7BrN2O. The van der Waals surface area contributed by atoms with Crippen molar-refractivity contribution in [1.29, 1.82) is 0 Å². The summed E-state index contributed by atoms with van der Waals surface area (Å²) >= 11 is 3.25. The molecule has 1 aromatic carbocycles. The van der Waals surface area contributed by atoms with E-state index in [2.05, 4.69) is 26.1 Å². The van der Waals surface area contributed by atoms with Crippen LogP contribution in [0.4, 0.5) is 5.69 Å². The van der Waals surface area contributed by atoms with Crippen molar-refractivity contribution in [2.45, 2.75) is 0 Å². The molecule has 0 aliphatic rings. The number of hydrogen-bond donors (Lipinski definition) is 0. The van der Waals surface area contributed by atoms with Crippen LogP contribution in [0.15, 0.2) is 52.2 Å². The summed E-state index contributed by atoms with van der Waals surface area (Å²) in [5.41, 5.74) is 1.84. The van der Waals surface area contributed by atoms with Gasteiger partial charge in [0, 0.05) is 16.2 Å². The largest absolute Gasteiger partial charge is 0.253 e. The average Bonchev–Trinajstić information content (AvgIpc) is 2.30. The Morgan fingerprint density at radius 2 is 1.93 bits per heavy atom. The summed E-state index contributed by atoms with van der Waals surface area (Å²) in [5.74, 6) is 0. The van der Waals surface area contributed by atoms with E-state index in [1.807, 2.05) is 30.3 Å². The second-order valence-corrected chi connectivity index (χ2v) is 3.89. The first kappa shape index (κ1) is 9.98. The molecule has 0 fully saturated rings. The summed E-state index contributed by atoms with van der Waals surface area (Å²) in [5, 5.41) is 2.97. The third-order valence-corrected chi connectivity index (χ3v) is 2.41. The fourth-order valence-corrected chi connectivity index (χ4v) is 1.64. The summed E-state index contributed by atoms with van der Waals surface area (Å²) in [7, 11) is 0. The van der Waals surface area contributed by atoms with Crippen LogP contribution in [0.5, 0.6) is 0 Å². The van der Waals surface area contributed by atoms with Gasteiger partial charge in [-0.1, -0.05) is 30.3 Å². The molecule has 3 nitrogen and oxygen atoms in total. The van der Waals surface area contributed by atoms with E-state index in [4.69, 9.17) is 0 Å². The van der Waals surface area contributed by atoms with Crippen molar-refractivity contribution < 1.29 is 0 Å². The van der Waals surface area contributed by atoms with Crippen LogP contribution in [0.25, 0.3) is 11.3 Å². The Hall–Kier alpha value is -1.55.